The minimum atomic E-state index is 0.327. The molecule has 0 amide bonds. The molecule has 1 aromatic carbocycles. The Balaban J connectivity index is 1.48. The molecule has 0 saturated carbocycles. The van der Waals surface area contributed by atoms with E-state index in [4.69, 9.17) is 9.47 Å². The van der Waals surface area contributed by atoms with Gasteiger partial charge in [-0.15, -0.1) is 0 Å². The van der Waals surface area contributed by atoms with E-state index in [1.165, 1.54) is 63.4 Å². The molecule has 1 unspecified atom stereocenters. The van der Waals surface area contributed by atoms with Crippen molar-refractivity contribution in [3.05, 3.63) is 42.0 Å². The van der Waals surface area contributed by atoms with Gasteiger partial charge in [0.15, 0.2) is 0 Å². The smallest absolute Gasteiger partial charge is 0.119 e. The summed E-state index contributed by atoms with van der Waals surface area (Å²) in [5.74, 6) is 0.981. The molecule has 0 aromatic heterocycles. The zero-order valence-corrected chi connectivity index (χ0v) is 15.3. The van der Waals surface area contributed by atoms with Crippen LogP contribution in [0, 0.1) is 0 Å². The molecule has 0 bridgehead atoms. The van der Waals surface area contributed by atoms with Crippen molar-refractivity contribution in [1.29, 1.82) is 0 Å². The zero-order valence-electron chi connectivity index (χ0n) is 15.3. The fourth-order valence-electron chi connectivity index (χ4n) is 2.84. The monoisotopic (exact) mass is 330 g/mol. The molecular formula is C22H34O2. The highest BCUT2D eigenvalue weighted by Gasteiger charge is 2.22. The standard InChI is InChI=1S/C22H34O2/c1-2-3-4-5-6-7-8-9-10-11-12-14-20-15-13-16-21(17-20)23-18-22-19-24-22/h7-8,13,15-17,22H,2-6,9-12,14,18-19H2,1H3/b8-7+. The molecular weight excluding hydrogens is 296 g/mol. The second kappa shape index (κ2) is 12.1. The third-order valence-corrected chi connectivity index (χ3v) is 4.46. The molecule has 2 rings (SSSR count). The summed E-state index contributed by atoms with van der Waals surface area (Å²) < 4.78 is 10.9. The molecule has 1 atom stereocenters. The van der Waals surface area contributed by atoms with Crippen LogP contribution in [-0.4, -0.2) is 19.3 Å². The molecule has 1 aliphatic heterocycles. The van der Waals surface area contributed by atoms with Crippen LogP contribution in [0.1, 0.15) is 70.3 Å². The highest BCUT2D eigenvalue weighted by molar-refractivity contribution is 5.28. The molecule has 1 aliphatic rings. The molecule has 2 heteroatoms. The SMILES string of the molecule is CCCCCC/C=C/CCCCCc1cccc(OCC2CO2)c1. The number of unbranched alkanes of at least 4 members (excludes halogenated alkanes) is 7. The number of hydrogen-bond acceptors (Lipinski definition) is 2. The number of benzene rings is 1. The van der Waals surface area contributed by atoms with Gasteiger partial charge in [-0.25, -0.2) is 0 Å². The van der Waals surface area contributed by atoms with Crippen LogP contribution in [0.3, 0.4) is 0 Å². The predicted octanol–water partition coefficient (Wildman–Crippen LogP) is 6.09. The largest absolute Gasteiger partial charge is 0.491 e. The Morgan fingerprint density at radius 3 is 2.50 bits per heavy atom. The van der Waals surface area contributed by atoms with Crippen LogP contribution in [0.4, 0.5) is 0 Å². The molecule has 1 fully saturated rings. The second-order valence-electron chi connectivity index (χ2n) is 6.83. The van der Waals surface area contributed by atoms with Gasteiger partial charge in [-0.1, -0.05) is 56.9 Å². The zero-order chi connectivity index (χ0) is 16.9. The summed E-state index contributed by atoms with van der Waals surface area (Å²) in [5.41, 5.74) is 1.38. The molecule has 0 spiro atoms. The Hall–Kier alpha value is -1.28. The van der Waals surface area contributed by atoms with Crippen LogP contribution in [-0.2, 0) is 11.2 Å². The van der Waals surface area contributed by atoms with Crippen LogP contribution < -0.4 is 4.74 Å². The average Bonchev–Trinajstić information content (AvgIpc) is 3.43. The van der Waals surface area contributed by atoms with E-state index in [0.29, 0.717) is 12.7 Å². The van der Waals surface area contributed by atoms with E-state index in [1.807, 2.05) is 6.07 Å². The fourth-order valence-corrected chi connectivity index (χ4v) is 2.84. The van der Waals surface area contributed by atoms with Crippen LogP contribution in [0.25, 0.3) is 0 Å². The number of hydrogen-bond donors (Lipinski definition) is 0. The van der Waals surface area contributed by atoms with E-state index in [-0.39, 0.29) is 0 Å². The first-order chi connectivity index (χ1) is 11.9. The number of aryl methyl sites for hydroxylation is 1. The number of rotatable bonds is 14. The van der Waals surface area contributed by atoms with E-state index in [9.17, 15) is 0 Å². The average molecular weight is 331 g/mol. The van der Waals surface area contributed by atoms with Gasteiger partial charge in [-0.3, -0.25) is 0 Å². The summed E-state index contributed by atoms with van der Waals surface area (Å²) in [5, 5.41) is 0. The van der Waals surface area contributed by atoms with Gasteiger partial charge >= 0.3 is 0 Å². The van der Waals surface area contributed by atoms with Gasteiger partial charge in [-0.2, -0.15) is 0 Å². The van der Waals surface area contributed by atoms with Gasteiger partial charge in [0.25, 0.3) is 0 Å². The molecule has 1 saturated heterocycles. The van der Waals surface area contributed by atoms with Crippen molar-refractivity contribution < 1.29 is 9.47 Å². The van der Waals surface area contributed by atoms with E-state index in [0.717, 1.165) is 18.8 Å². The van der Waals surface area contributed by atoms with Gasteiger partial charge < -0.3 is 9.47 Å². The Kier molecular flexibility index (Phi) is 9.63. The molecule has 24 heavy (non-hydrogen) atoms. The highest BCUT2D eigenvalue weighted by atomic mass is 16.6. The van der Waals surface area contributed by atoms with Crippen molar-refractivity contribution in [3.8, 4) is 5.75 Å². The predicted molar refractivity (Wildman–Crippen MR) is 102 cm³/mol. The topological polar surface area (TPSA) is 21.8 Å². The van der Waals surface area contributed by atoms with Gasteiger partial charge in [0.2, 0.25) is 0 Å². The molecule has 1 aromatic rings. The Morgan fingerprint density at radius 2 is 1.79 bits per heavy atom. The summed E-state index contributed by atoms with van der Waals surface area (Å²) in [7, 11) is 0. The quantitative estimate of drug-likeness (QED) is 0.234. The second-order valence-corrected chi connectivity index (χ2v) is 6.83. The Morgan fingerprint density at radius 1 is 1.04 bits per heavy atom. The molecule has 2 nitrogen and oxygen atoms in total. The molecule has 0 radical (unpaired) electrons. The maximum absolute atomic E-state index is 5.74. The van der Waals surface area contributed by atoms with E-state index < -0.39 is 0 Å². The maximum atomic E-state index is 5.74. The Bertz CT molecular complexity index is 463. The lowest BCUT2D eigenvalue weighted by molar-refractivity contribution is 0.263. The summed E-state index contributed by atoms with van der Waals surface area (Å²) in [6.45, 7) is 3.81. The van der Waals surface area contributed by atoms with Crippen molar-refractivity contribution in [2.45, 2.75) is 77.2 Å². The lowest BCUT2D eigenvalue weighted by Gasteiger charge is -2.06. The van der Waals surface area contributed by atoms with Crippen molar-refractivity contribution in [2.75, 3.05) is 13.2 Å². The van der Waals surface area contributed by atoms with Crippen LogP contribution in [0.5, 0.6) is 5.75 Å². The fraction of sp³-hybridized carbons (Fsp3) is 0.636. The lowest BCUT2D eigenvalue weighted by Crippen LogP contribution is -2.04. The maximum Gasteiger partial charge on any atom is 0.119 e. The van der Waals surface area contributed by atoms with Gasteiger partial charge in [-0.05, 0) is 56.2 Å². The summed E-state index contributed by atoms with van der Waals surface area (Å²) in [4.78, 5) is 0. The molecule has 0 N–H and O–H groups in total. The minimum absolute atomic E-state index is 0.327. The first kappa shape index (κ1) is 19.1. The first-order valence-corrected chi connectivity index (χ1v) is 9.87. The number of ether oxygens (including phenoxy) is 2. The molecule has 134 valence electrons. The van der Waals surface area contributed by atoms with Crippen LogP contribution >= 0.6 is 0 Å². The van der Waals surface area contributed by atoms with Crippen molar-refractivity contribution in [2.24, 2.45) is 0 Å². The van der Waals surface area contributed by atoms with Crippen molar-refractivity contribution >= 4 is 0 Å². The summed E-state index contributed by atoms with van der Waals surface area (Å²) in [6, 6.07) is 8.52. The third kappa shape index (κ3) is 9.12. The number of epoxide rings is 1. The van der Waals surface area contributed by atoms with Crippen LogP contribution in [0.15, 0.2) is 36.4 Å². The van der Waals surface area contributed by atoms with E-state index in [2.05, 4.69) is 37.3 Å². The third-order valence-electron chi connectivity index (χ3n) is 4.46. The summed E-state index contributed by atoms with van der Waals surface area (Å²) in [6.07, 6.45) is 18.1. The van der Waals surface area contributed by atoms with Crippen LogP contribution in [0.2, 0.25) is 0 Å². The highest BCUT2D eigenvalue weighted by Crippen LogP contribution is 2.18. The first-order valence-electron chi connectivity index (χ1n) is 9.87. The minimum Gasteiger partial charge on any atom is -0.491 e. The molecule has 0 aliphatic carbocycles. The van der Waals surface area contributed by atoms with Crippen molar-refractivity contribution in [1.82, 2.24) is 0 Å². The van der Waals surface area contributed by atoms with Gasteiger partial charge in [0.05, 0.1) is 6.61 Å². The molecule has 1 heterocycles. The van der Waals surface area contributed by atoms with Gasteiger partial charge in [0.1, 0.15) is 18.5 Å². The summed E-state index contributed by atoms with van der Waals surface area (Å²) >= 11 is 0. The Labute approximate surface area is 148 Å². The normalized spacial score (nSPS) is 16.6. The number of allylic oxidation sites excluding steroid dienone is 2. The lowest BCUT2D eigenvalue weighted by atomic mass is 10.1. The van der Waals surface area contributed by atoms with E-state index >= 15 is 0 Å². The van der Waals surface area contributed by atoms with Gasteiger partial charge in [0, 0.05) is 0 Å². The van der Waals surface area contributed by atoms with Crippen molar-refractivity contribution in [3.63, 3.8) is 0 Å². The van der Waals surface area contributed by atoms with E-state index in [1.54, 1.807) is 0 Å².